The molecule has 0 saturated carbocycles. The van der Waals surface area contributed by atoms with Gasteiger partial charge in [0.15, 0.2) is 11.5 Å². The Labute approximate surface area is 114 Å². The fourth-order valence-electron chi connectivity index (χ4n) is 1.36. The van der Waals surface area contributed by atoms with Crippen molar-refractivity contribution >= 4 is 33.0 Å². The first-order chi connectivity index (χ1) is 8.87. The van der Waals surface area contributed by atoms with Crippen molar-refractivity contribution in [3.05, 3.63) is 34.1 Å². The van der Waals surface area contributed by atoms with E-state index in [1.165, 1.54) is 0 Å². The highest BCUT2D eigenvalue weighted by Gasteiger charge is 2.22. The summed E-state index contributed by atoms with van der Waals surface area (Å²) in [7, 11) is -3.84. The van der Waals surface area contributed by atoms with Gasteiger partial charge in [0.1, 0.15) is 0 Å². The fourth-order valence-corrected chi connectivity index (χ4v) is 2.75. The third-order valence-electron chi connectivity index (χ3n) is 2.24. The molecule has 0 radical (unpaired) electrons. The Morgan fingerprint density at radius 3 is 2.63 bits per heavy atom. The van der Waals surface area contributed by atoms with Gasteiger partial charge in [-0.15, -0.1) is 11.6 Å². The number of hydrogen-bond acceptors (Lipinski definition) is 4. The van der Waals surface area contributed by atoms with Crippen LogP contribution in [0, 0.1) is 15.9 Å². The quantitative estimate of drug-likeness (QED) is 0.362. The van der Waals surface area contributed by atoms with Crippen LogP contribution in [0.1, 0.15) is 12.8 Å². The molecule has 0 aliphatic heterocycles. The van der Waals surface area contributed by atoms with Crippen molar-refractivity contribution in [2.75, 3.05) is 16.4 Å². The van der Waals surface area contributed by atoms with E-state index in [1.807, 2.05) is 4.72 Å². The minimum atomic E-state index is -3.84. The Kier molecular flexibility index (Phi) is 5.49. The van der Waals surface area contributed by atoms with Gasteiger partial charge in [-0.2, -0.15) is 0 Å². The lowest BCUT2D eigenvalue weighted by molar-refractivity contribution is -0.384. The summed E-state index contributed by atoms with van der Waals surface area (Å²) in [5, 5.41) is 10.7. The number of sulfonamides is 1. The molecular formula is C10H12ClFN2O4S. The molecule has 0 amide bonds. The van der Waals surface area contributed by atoms with Gasteiger partial charge < -0.3 is 0 Å². The Bertz CT molecular complexity index is 565. The standard InChI is InChI=1S/C10H12ClFN2O4S/c11-6-1-2-7-19(17,18)13-10-8(12)4-3-5-9(10)14(15)16/h3-5,13H,1-2,6-7H2. The SMILES string of the molecule is O=[N+]([O-])c1cccc(F)c1NS(=O)(=O)CCCCCl. The number of rotatable bonds is 7. The number of nitrogens with zero attached hydrogens (tertiary/aromatic N) is 1. The van der Waals surface area contributed by atoms with Gasteiger partial charge >= 0.3 is 0 Å². The molecular weight excluding hydrogens is 299 g/mol. The molecule has 0 fully saturated rings. The minimum Gasteiger partial charge on any atom is -0.275 e. The average molecular weight is 311 g/mol. The van der Waals surface area contributed by atoms with E-state index in [1.54, 1.807) is 0 Å². The predicted octanol–water partition coefficient (Wildman–Crippen LogP) is 2.49. The Morgan fingerprint density at radius 1 is 1.37 bits per heavy atom. The molecule has 0 spiro atoms. The van der Waals surface area contributed by atoms with E-state index in [0.717, 1.165) is 18.2 Å². The van der Waals surface area contributed by atoms with Crippen molar-refractivity contribution in [1.29, 1.82) is 0 Å². The zero-order valence-electron chi connectivity index (χ0n) is 9.80. The first kappa shape index (κ1) is 15.6. The highest BCUT2D eigenvalue weighted by Crippen LogP contribution is 2.28. The number of nitro benzene ring substituents is 1. The van der Waals surface area contributed by atoms with Gasteiger partial charge in [-0.1, -0.05) is 6.07 Å². The number of hydrogen-bond donors (Lipinski definition) is 1. The van der Waals surface area contributed by atoms with Crippen LogP contribution in [0.25, 0.3) is 0 Å². The molecule has 1 rings (SSSR count). The maximum Gasteiger partial charge on any atom is 0.296 e. The first-order valence-corrected chi connectivity index (χ1v) is 7.55. The van der Waals surface area contributed by atoms with Crippen molar-refractivity contribution in [2.24, 2.45) is 0 Å². The molecule has 1 aromatic rings. The van der Waals surface area contributed by atoms with Crippen molar-refractivity contribution in [2.45, 2.75) is 12.8 Å². The lowest BCUT2D eigenvalue weighted by Crippen LogP contribution is -2.18. The highest BCUT2D eigenvalue weighted by molar-refractivity contribution is 7.92. The smallest absolute Gasteiger partial charge is 0.275 e. The molecule has 0 unspecified atom stereocenters. The van der Waals surface area contributed by atoms with Crippen molar-refractivity contribution in [1.82, 2.24) is 0 Å². The minimum absolute atomic E-state index is 0.273. The topological polar surface area (TPSA) is 89.3 Å². The third-order valence-corrected chi connectivity index (χ3v) is 3.85. The first-order valence-electron chi connectivity index (χ1n) is 5.37. The van der Waals surface area contributed by atoms with E-state index in [9.17, 15) is 22.9 Å². The van der Waals surface area contributed by atoms with Gasteiger partial charge in [0, 0.05) is 11.9 Å². The second-order valence-corrected chi connectivity index (χ2v) is 5.93. The molecule has 6 nitrogen and oxygen atoms in total. The zero-order valence-corrected chi connectivity index (χ0v) is 11.4. The molecule has 0 aliphatic carbocycles. The maximum absolute atomic E-state index is 13.5. The predicted molar refractivity (Wildman–Crippen MR) is 70.4 cm³/mol. The van der Waals surface area contributed by atoms with Crippen LogP contribution in [0.3, 0.4) is 0 Å². The van der Waals surface area contributed by atoms with E-state index in [2.05, 4.69) is 0 Å². The second kappa shape index (κ2) is 6.67. The van der Waals surface area contributed by atoms with Gasteiger partial charge in [0.05, 0.1) is 10.7 Å². The maximum atomic E-state index is 13.5. The van der Waals surface area contributed by atoms with Gasteiger partial charge in [0.25, 0.3) is 5.69 Å². The van der Waals surface area contributed by atoms with Gasteiger partial charge in [-0.25, -0.2) is 12.8 Å². The Morgan fingerprint density at radius 2 is 2.05 bits per heavy atom. The van der Waals surface area contributed by atoms with Crippen LogP contribution in [0.2, 0.25) is 0 Å². The summed E-state index contributed by atoms with van der Waals surface area (Å²) in [6.45, 7) is 0. The molecule has 9 heteroatoms. The van der Waals surface area contributed by atoms with Gasteiger partial charge in [-0.3, -0.25) is 14.8 Å². The Hall–Kier alpha value is -1.41. The molecule has 1 aromatic carbocycles. The number of benzene rings is 1. The largest absolute Gasteiger partial charge is 0.296 e. The third kappa shape index (κ3) is 4.64. The van der Waals surface area contributed by atoms with E-state index in [-0.39, 0.29) is 5.75 Å². The molecule has 0 heterocycles. The summed E-state index contributed by atoms with van der Waals surface area (Å²) < 4.78 is 38.7. The van der Waals surface area contributed by atoms with Crippen LogP contribution in [0.4, 0.5) is 15.8 Å². The molecule has 0 atom stereocenters. The number of unbranched alkanes of at least 4 members (excludes halogenated alkanes) is 1. The summed E-state index contributed by atoms with van der Waals surface area (Å²) in [5.74, 6) is -0.948. The zero-order chi connectivity index (χ0) is 14.5. The number of alkyl halides is 1. The van der Waals surface area contributed by atoms with Crippen molar-refractivity contribution in [3.63, 3.8) is 0 Å². The number of anilines is 1. The molecule has 1 N–H and O–H groups in total. The van der Waals surface area contributed by atoms with E-state index >= 15 is 0 Å². The monoisotopic (exact) mass is 310 g/mol. The van der Waals surface area contributed by atoms with Crippen LogP contribution in [-0.4, -0.2) is 25.0 Å². The molecule has 0 aromatic heterocycles. The lowest BCUT2D eigenvalue weighted by Gasteiger charge is -2.08. The summed E-state index contributed by atoms with van der Waals surface area (Å²) in [5.41, 5.74) is -1.26. The van der Waals surface area contributed by atoms with Crippen molar-refractivity contribution in [3.8, 4) is 0 Å². The molecule has 106 valence electrons. The summed E-state index contributed by atoms with van der Waals surface area (Å²) in [6, 6.07) is 3.11. The van der Waals surface area contributed by atoms with E-state index < -0.39 is 32.1 Å². The summed E-state index contributed by atoms with van der Waals surface area (Å²) in [4.78, 5) is 9.86. The fraction of sp³-hybridized carbons (Fsp3) is 0.400. The van der Waals surface area contributed by atoms with E-state index in [4.69, 9.17) is 11.6 Å². The lowest BCUT2D eigenvalue weighted by atomic mass is 10.2. The summed E-state index contributed by atoms with van der Waals surface area (Å²) >= 11 is 5.42. The Balaban J connectivity index is 2.95. The van der Waals surface area contributed by atoms with Crippen LogP contribution >= 0.6 is 11.6 Å². The molecule has 0 saturated heterocycles. The summed E-state index contributed by atoms with van der Waals surface area (Å²) in [6.07, 6.45) is 0.781. The average Bonchev–Trinajstić information content (AvgIpc) is 2.31. The normalized spacial score (nSPS) is 11.3. The number of nitrogens with one attached hydrogen (secondary N) is 1. The molecule has 0 bridgehead atoms. The number of halogens is 2. The van der Waals surface area contributed by atoms with Crippen LogP contribution < -0.4 is 4.72 Å². The second-order valence-electron chi connectivity index (χ2n) is 3.71. The molecule has 19 heavy (non-hydrogen) atoms. The molecule has 0 aliphatic rings. The number of nitro groups is 1. The number of para-hydroxylation sites is 1. The highest BCUT2D eigenvalue weighted by atomic mass is 35.5. The van der Waals surface area contributed by atoms with Crippen molar-refractivity contribution < 1.29 is 17.7 Å². The van der Waals surface area contributed by atoms with Crippen LogP contribution in [-0.2, 0) is 10.0 Å². The van der Waals surface area contributed by atoms with Gasteiger partial charge in [-0.05, 0) is 18.9 Å². The van der Waals surface area contributed by atoms with Crippen LogP contribution in [0.15, 0.2) is 18.2 Å². The van der Waals surface area contributed by atoms with Crippen LogP contribution in [0.5, 0.6) is 0 Å². The van der Waals surface area contributed by atoms with E-state index in [0.29, 0.717) is 18.7 Å². The van der Waals surface area contributed by atoms with Gasteiger partial charge in [0.2, 0.25) is 10.0 Å².